The minimum Gasteiger partial charge on any atom is -0.508 e. The second-order valence-electron chi connectivity index (χ2n) is 9.60. The fraction of sp³-hybridized carbons (Fsp3) is 0.667. The fourth-order valence-electron chi connectivity index (χ4n) is 6.24. The van der Waals surface area contributed by atoms with E-state index in [1.165, 1.54) is 11.8 Å². The molecule has 3 fully saturated rings. The van der Waals surface area contributed by atoms with Crippen LogP contribution in [0.2, 0.25) is 0 Å². The number of rotatable bonds is 3. The number of hydrogen-bond acceptors (Lipinski definition) is 6. The molecule has 3 aliphatic rings. The third-order valence-electron chi connectivity index (χ3n) is 7.43. The maximum atomic E-state index is 12.8. The third kappa shape index (κ3) is 2.46. The second kappa shape index (κ2) is 5.96. The Morgan fingerprint density at radius 1 is 1.11 bits per heavy atom. The van der Waals surface area contributed by atoms with Gasteiger partial charge < -0.3 is 20.4 Å². The van der Waals surface area contributed by atoms with Crippen LogP contribution in [0.5, 0.6) is 5.75 Å². The van der Waals surface area contributed by atoms with Gasteiger partial charge in [0, 0.05) is 16.2 Å². The molecule has 0 saturated heterocycles. The minimum absolute atomic E-state index is 0.0248. The van der Waals surface area contributed by atoms with Crippen molar-refractivity contribution in [1.29, 1.82) is 0 Å². The molecule has 0 bridgehead atoms. The number of ketones is 1. The minimum atomic E-state index is -1.09. The molecule has 6 heteroatoms. The molecule has 0 aliphatic heterocycles. The van der Waals surface area contributed by atoms with Crippen LogP contribution in [-0.4, -0.2) is 49.8 Å². The largest absolute Gasteiger partial charge is 0.508 e. The van der Waals surface area contributed by atoms with Crippen molar-refractivity contribution in [3.8, 4) is 5.75 Å². The van der Waals surface area contributed by atoms with Gasteiger partial charge in [0.15, 0.2) is 5.78 Å². The predicted octanol–water partition coefficient (Wildman–Crippen LogP) is 2.21. The number of phenols is 1. The van der Waals surface area contributed by atoms with E-state index in [0.717, 1.165) is 17.7 Å². The number of phenolic OH excluding ortho intramolecular Hbond substituents is 1. The molecule has 3 aliphatic carbocycles. The SMILES string of the molecule is CC1(C)CC2C(C1)[C@]1(C)C(C(=O)[C@H]1O)[C@@](CO)(Sc1ccc(O)cc1)[C@H]2O. The molecule has 5 nitrogen and oxygen atoms in total. The summed E-state index contributed by atoms with van der Waals surface area (Å²) in [4.78, 5) is 13.6. The zero-order chi connectivity index (χ0) is 19.8. The van der Waals surface area contributed by atoms with Crippen LogP contribution in [0.1, 0.15) is 33.6 Å². The average Bonchev–Trinajstić information content (AvgIpc) is 2.97. The summed E-state index contributed by atoms with van der Waals surface area (Å²) >= 11 is 1.30. The second-order valence-corrected chi connectivity index (χ2v) is 11.0. The van der Waals surface area contributed by atoms with E-state index in [1.54, 1.807) is 24.3 Å². The van der Waals surface area contributed by atoms with Crippen molar-refractivity contribution in [3.63, 3.8) is 0 Å². The van der Waals surface area contributed by atoms with Gasteiger partial charge in [-0.25, -0.2) is 0 Å². The van der Waals surface area contributed by atoms with E-state index >= 15 is 0 Å². The summed E-state index contributed by atoms with van der Waals surface area (Å²) in [5.74, 6) is -0.755. The van der Waals surface area contributed by atoms with Crippen LogP contribution in [0, 0.1) is 28.6 Å². The lowest BCUT2D eigenvalue weighted by atomic mass is 9.42. The van der Waals surface area contributed by atoms with Crippen molar-refractivity contribution >= 4 is 17.5 Å². The Morgan fingerprint density at radius 2 is 1.74 bits per heavy atom. The smallest absolute Gasteiger partial charge is 0.167 e. The van der Waals surface area contributed by atoms with Crippen molar-refractivity contribution in [1.82, 2.24) is 0 Å². The number of aliphatic hydroxyl groups is 3. The molecular weight excluding hydrogens is 364 g/mol. The molecule has 0 radical (unpaired) electrons. The first-order valence-electron chi connectivity index (χ1n) is 9.55. The van der Waals surface area contributed by atoms with Crippen molar-refractivity contribution in [2.45, 2.75) is 55.5 Å². The normalized spacial score (nSPS) is 45.1. The van der Waals surface area contributed by atoms with Gasteiger partial charge >= 0.3 is 0 Å². The first-order chi connectivity index (χ1) is 12.6. The van der Waals surface area contributed by atoms with Gasteiger partial charge in [-0.05, 0) is 54.4 Å². The Morgan fingerprint density at radius 3 is 2.33 bits per heavy atom. The van der Waals surface area contributed by atoms with Crippen LogP contribution < -0.4 is 0 Å². The summed E-state index contributed by atoms with van der Waals surface area (Å²) in [5.41, 5.74) is -0.613. The van der Waals surface area contributed by atoms with Crippen molar-refractivity contribution in [2.24, 2.45) is 28.6 Å². The molecule has 0 amide bonds. The van der Waals surface area contributed by atoms with Crippen LogP contribution in [0.25, 0.3) is 0 Å². The number of aromatic hydroxyl groups is 1. The maximum Gasteiger partial charge on any atom is 0.167 e. The van der Waals surface area contributed by atoms with E-state index in [1.807, 2.05) is 6.92 Å². The summed E-state index contributed by atoms with van der Waals surface area (Å²) in [5, 5.41) is 42.1. The first kappa shape index (κ1) is 19.2. The molecule has 1 aromatic carbocycles. The summed E-state index contributed by atoms with van der Waals surface area (Å²) in [7, 11) is 0. The average molecular weight is 393 g/mol. The number of Topliss-reactive ketones (excluding diaryl/α,β-unsaturated/α-hetero) is 1. The number of carbonyl (C=O) groups excluding carboxylic acids is 1. The molecule has 4 N–H and O–H groups in total. The van der Waals surface area contributed by atoms with E-state index in [9.17, 15) is 25.2 Å². The highest BCUT2D eigenvalue weighted by molar-refractivity contribution is 8.00. The standard InChI is InChI=1S/C21H28O5S/c1-19(2)8-13-14(9-19)20(3)16(15(24)18(20)26)21(10-22,17(13)25)27-12-6-4-11(23)5-7-12/h4-7,13-14,16-18,22-23,25-26H,8-10H2,1-3H3/t13?,14?,16?,17-,18+,20+,21+/m0/s1. The lowest BCUT2D eigenvalue weighted by Gasteiger charge is -2.66. The maximum absolute atomic E-state index is 12.8. The Kier molecular flexibility index (Phi) is 4.25. The zero-order valence-electron chi connectivity index (χ0n) is 15.9. The van der Waals surface area contributed by atoms with Crippen LogP contribution >= 0.6 is 11.8 Å². The Hall–Kier alpha value is -1.08. The van der Waals surface area contributed by atoms with Gasteiger partial charge in [0.1, 0.15) is 11.9 Å². The van der Waals surface area contributed by atoms with Crippen molar-refractivity contribution in [3.05, 3.63) is 24.3 Å². The lowest BCUT2D eigenvalue weighted by Crippen LogP contribution is -2.77. The molecule has 27 heavy (non-hydrogen) atoms. The van der Waals surface area contributed by atoms with Crippen molar-refractivity contribution < 1.29 is 25.2 Å². The molecule has 0 aromatic heterocycles. The van der Waals surface area contributed by atoms with E-state index in [4.69, 9.17) is 0 Å². The predicted molar refractivity (Wildman–Crippen MR) is 102 cm³/mol. The van der Waals surface area contributed by atoms with E-state index in [-0.39, 0.29) is 35.4 Å². The fourth-order valence-corrected chi connectivity index (χ4v) is 7.80. The molecule has 0 heterocycles. The number of aliphatic hydroxyl groups excluding tert-OH is 3. The van der Waals surface area contributed by atoms with Crippen LogP contribution in [0.15, 0.2) is 29.2 Å². The molecule has 3 saturated carbocycles. The summed E-state index contributed by atoms with van der Waals surface area (Å²) in [6.45, 7) is 5.94. The van der Waals surface area contributed by atoms with Gasteiger partial charge in [0.25, 0.3) is 0 Å². The summed E-state index contributed by atoms with van der Waals surface area (Å²) in [6, 6.07) is 6.57. The molecule has 4 rings (SSSR count). The number of fused-ring (bicyclic) bond motifs is 3. The Balaban J connectivity index is 1.80. The zero-order valence-corrected chi connectivity index (χ0v) is 16.7. The van der Waals surface area contributed by atoms with E-state index < -0.39 is 28.3 Å². The van der Waals surface area contributed by atoms with E-state index in [2.05, 4.69) is 13.8 Å². The first-order valence-corrected chi connectivity index (χ1v) is 10.4. The summed E-state index contributed by atoms with van der Waals surface area (Å²) in [6.07, 6.45) is -0.220. The quantitative estimate of drug-likeness (QED) is 0.630. The Labute approximate surface area is 163 Å². The van der Waals surface area contributed by atoms with Crippen LogP contribution in [0.3, 0.4) is 0 Å². The molecule has 3 unspecified atom stereocenters. The lowest BCUT2D eigenvalue weighted by molar-refractivity contribution is -0.214. The molecule has 1 aromatic rings. The van der Waals surface area contributed by atoms with Crippen LogP contribution in [0.4, 0.5) is 0 Å². The van der Waals surface area contributed by atoms with E-state index in [0.29, 0.717) is 0 Å². The van der Waals surface area contributed by atoms with Gasteiger partial charge in [-0.3, -0.25) is 4.79 Å². The third-order valence-corrected chi connectivity index (χ3v) is 8.92. The molecule has 148 valence electrons. The van der Waals surface area contributed by atoms with Gasteiger partial charge in [0.2, 0.25) is 0 Å². The molecule has 7 atom stereocenters. The van der Waals surface area contributed by atoms with Crippen molar-refractivity contribution in [2.75, 3.05) is 6.61 Å². The van der Waals surface area contributed by atoms with Gasteiger partial charge in [-0.2, -0.15) is 0 Å². The number of thioether (sulfide) groups is 1. The van der Waals surface area contributed by atoms with Gasteiger partial charge in [-0.15, -0.1) is 11.8 Å². The van der Waals surface area contributed by atoms with Gasteiger partial charge in [0.05, 0.1) is 17.5 Å². The summed E-state index contributed by atoms with van der Waals surface area (Å²) < 4.78 is -1.09. The molecule has 0 spiro atoms. The van der Waals surface area contributed by atoms with Gasteiger partial charge in [-0.1, -0.05) is 20.8 Å². The number of hydrogen-bond donors (Lipinski definition) is 4. The highest BCUT2D eigenvalue weighted by atomic mass is 32.2. The highest BCUT2D eigenvalue weighted by Crippen LogP contribution is 2.70. The number of benzene rings is 1. The highest BCUT2D eigenvalue weighted by Gasteiger charge is 2.76. The van der Waals surface area contributed by atoms with Crippen LogP contribution in [-0.2, 0) is 4.79 Å². The molecular formula is C21H28O5S. The number of carbonyl (C=O) groups is 1. The topological polar surface area (TPSA) is 98.0 Å². The Bertz CT molecular complexity index is 762. The monoisotopic (exact) mass is 392 g/mol.